The zero-order valence-corrected chi connectivity index (χ0v) is 16.9. The molecule has 11 heteroatoms. The Balaban J connectivity index is 2.46. The van der Waals surface area contributed by atoms with E-state index in [0.717, 1.165) is 24.3 Å². The van der Waals surface area contributed by atoms with Gasteiger partial charge in [-0.2, -0.15) is 18.1 Å². The summed E-state index contributed by atoms with van der Waals surface area (Å²) < 4.78 is 50.7. The molecule has 2 aromatic carbocycles. The Morgan fingerprint density at radius 3 is 2.03 bits per heavy atom. The van der Waals surface area contributed by atoms with Crippen molar-refractivity contribution in [2.45, 2.75) is 30.7 Å². The minimum Gasteiger partial charge on any atom is -0.481 e. The number of benzene rings is 2. The quantitative estimate of drug-likeness (QED) is 0.386. The number of anilines is 1. The lowest BCUT2D eigenvalue weighted by Crippen LogP contribution is -2.35. The Labute approximate surface area is 176 Å². The molecule has 0 heterocycles. The number of hydrogen-bond acceptors (Lipinski definition) is 4. The van der Waals surface area contributed by atoms with Crippen LogP contribution in [-0.4, -0.2) is 32.7 Å². The molecule has 166 valence electrons. The lowest BCUT2D eigenvalue weighted by molar-refractivity contribution is -0.143. The van der Waals surface area contributed by atoms with E-state index in [1.165, 1.54) is 0 Å². The smallest absolute Gasteiger partial charge is 0.481 e. The topological polar surface area (TPSA) is 124 Å². The summed E-state index contributed by atoms with van der Waals surface area (Å²) in [7, 11) is -3.12. The highest BCUT2D eigenvalue weighted by Gasteiger charge is 2.48. The number of carboxylic acids is 2. The summed E-state index contributed by atoms with van der Waals surface area (Å²) >= 11 is 0. The van der Waals surface area contributed by atoms with Gasteiger partial charge in [-0.05, 0) is 40.8 Å². The number of alkyl halides is 3. The van der Waals surface area contributed by atoms with Crippen LogP contribution in [0.4, 0.5) is 18.9 Å². The molecule has 4 atom stereocenters. The number of rotatable bonds is 10. The van der Waals surface area contributed by atoms with Crippen molar-refractivity contribution in [2.75, 3.05) is 5.32 Å². The van der Waals surface area contributed by atoms with E-state index in [9.17, 15) is 37.3 Å². The molecule has 2 rings (SSSR count). The van der Waals surface area contributed by atoms with Gasteiger partial charge in [0.15, 0.2) is 0 Å². The van der Waals surface area contributed by atoms with Gasteiger partial charge in [0.05, 0.1) is 5.56 Å². The minimum atomic E-state index is -4.54. The van der Waals surface area contributed by atoms with Crippen LogP contribution in [0.3, 0.4) is 0 Å². The maximum absolute atomic E-state index is 12.8. The SMILES string of the molecule is O=C(O)CCC(C(=O)O)C(C(Nc1ccc(C(F)(F)F)cc1)c1ccccc1)[P+](=O)O. The van der Waals surface area contributed by atoms with Crippen molar-refractivity contribution in [2.24, 2.45) is 5.92 Å². The van der Waals surface area contributed by atoms with Crippen molar-refractivity contribution in [1.29, 1.82) is 0 Å². The number of nitrogens with one attached hydrogen (secondary N) is 1. The average Bonchev–Trinajstić information content (AvgIpc) is 2.69. The molecule has 4 unspecified atom stereocenters. The molecule has 0 aliphatic heterocycles. The number of carboxylic acid groups (broad SMARTS) is 2. The fourth-order valence-electron chi connectivity index (χ4n) is 3.19. The number of halogens is 3. The maximum atomic E-state index is 12.8. The van der Waals surface area contributed by atoms with Gasteiger partial charge in [0.2, 0.25) is 5.66 Å². The normalized spacial score (nSPS) is 14.9. The molecular formula is C20H20F3NO6P+. The molecule has 0 spiro atoms. The van der Waals surface area contributed by atoms with Gasteiger partial charge in [0.25, 0.3) is 0 Å². The third-order valence-electron chi connectivity index (χ3n) is 4.69. The second-order valence-corrected chi connectivity index (χ2v) is 7.98. The van der Waals surface area contributed by atoms with Crippen LogP contribution in [-0.2, 0) is 20.3 Å². The third-order valence-corrected chi connectivity index (χ3v) is 5.86. The molecule has 0 bridgehead atoms. The molecule has 0 fully saturated rings. The summed E-state index contributed by atoms with van der Waals surface area (Å²) in [5.41, 5.74) is -1.74. The summed E-state index contributed by atoms with van der Waals surface area (Å²) in [5.74, 6) is -4.19. The van der Waals surface area contributed by atoms with E-state index in [2.05, 4.69) is 5.32 Å². The first kappa shape index (κ1) is 24.3. The Hall–Kier alpha value is -2.97. The van der Waals surface area contributed by atoms with E-state index in [-0.39, 0.29) is 5.69 Å². The third kappa shape index (κ3) is 6.77. The Morgan fingerprint density at radius 2 is 1.58 bits per heavy atom. The van der Waals surface area contributed by atoms with Gasteiger partial charge < -0.3 is 15.5 Å². The Bertz CT molecular complexity index is 921. The van der Waals surface area contributed by atoms with Crippen molar-refractivity contribution in [3.63, 3.8) is 0 Å². The number of hydrogen-bond donors (Lipinski definition) is 4. The zero-order valence-electron chi connectivity index (χ0n) is 16.0. The molecule has 0 aliphatic carbocycles. The van der Waals surface area contributed by atoms with Crippen LogP contribution in [0.1, 0.15) is 30.0 Å². The van der Waals surface area contributed by atoms with Crippen LogP contribution in [0.15, 0.2) is 54.6 Å². The van der Waals surface area contributed by atoms with Crippen molar-refractivity contribution in [1.82, 2.24) is 0 Å². The second-order valence-electron chi connectivity index (χ2n) is 6.78. The second kappa shape index (κ2) is 10.4. The van der Waals surface area contributed by atoms with Crippen LogP contribution in [0.25, 0.3) is 0 Å². The molecule has 0 saturated carbocycles. The highest BCUT2D eigenvalue weighted by atomic mass is 31.1. The van der Waals surface area contributed by atoms with Crippen LogP contribution >= 0.6 is 8.03 Å². The number of carbonyl (C=O) groups is 2. The van der Waals surface area contributed by atoms with E-state index in [1.54, 1.807) is 30.3 Å². The molecule has 0 aliphatic rings. The lowest BCUT2D eigenvalue weighted by atomic mass is 9.90. The standard InChI is InChI=1S/C20H19F3NO6P/c21-20(22,23)13-6-8-14(9-7-13)24-17(12-4-2-1-3-5-12)18(31(29)30)15(19(27)28)10-11-16(25)26/h1-9,15,17-18,24H,10-11H2,(H2-,25,26,27,28,29,30)/p+1. The van der Waals surface area contributed by atoms with Gasteiger partial charge in [-0.1, -0.05) is 30.3 Å². The summed E-state index contributed by atoms with van der Waals surface area (Å²) in [6.07, 6.45) is -5.47. The fraction of sp³-hybridized carbons (Fsp3) is 0.300. The maximum Gasteiger partial charge on any atom is 0.512 e. The van der Waals surface area contributed by atoms with Gasteiger partial charge in [-0.3, -0.25) is 9.59 Å². The molecule has 0 amide bonds. The molecule has 4 N–H and O–H groups in total. The first-order valence-corrected chi connectivity index (χ1v) is 10.4. The van der Waals surface area contributed by atoms with E-state index in [1.807, 2.05) is 0 Å². The van der Waals surface area contributed by atoms with Crippen molar-refractivity contribution >= 4 is 25.7 Å². The average molecular weight is 458 g/mol. The van der Waals surface area contributed by atoms with Crippen LogP contribution in [0.5, 0.6) is 0 Å². The first-order chi connectivity index (χ1) is 14.5. The minimum absolute atomic E-state index is 0.172. The van der Waals surface area contributed by atoms with Crippen LogP contribution in [0, 0.1) is 5.92 Å². The van der Waals surface area contributed by atoms with Gasteiger partial charge >= 0.3 is 26.1 Å². The molecular weight excluding hydrogens is 438 g/mol. The van der Waals surface area contributed by atoms with Crippen molar-refractivity contribution in [3.8, 4) is 0 Å². The summed E-state index contributed by atoms with van der Waals surface area (Å²) in [6.45, 7) is 0. The summed E-state index contributed by atoms with van der Waals surface area (Å²) in [6, 6.07) is 10.9. The lowest BCUT2D eigenvalue weighted by Gasteiger charge is -2.25. The molecule has 31 heavy (non-hydrogen) atoms. The van der Waals surface area contributed by atoms with E-state index in [4.69, 9.17) is 5.11 Å². The van der Waals surface area contributed by atoms with Gasteiger partial charge in [-0.25, -0.2) is 0 Å². The fourth-order valence-corrected chi connectivity index (χ4v) is 4.28. The highest BCUT2D eigenvalue weighted by Crippen LogP contribution is 2.42. The molecule has 2 aromatic rings. The Kier molecular flexibility index (Phi) is 8.13. The van der Waals surface area contributed by atoms with E-state index < -0.39 is 62.2 Å². The molecule has 0 aromatic heterocycles. The summed E-state index contributed by atoms with van der Waals surface area (Å²) in [5, 5.41) is 21.4. The molecule has 7 nitrogen and oxygen atoms in total. The van der Waals surface area contributed by atoms with E-state index >= 15 is 0 Å². The van der Waals surface area contributed by atoms with Crippen LogP contribution < -0.4 is 5.32 Å². The van der Waals surface area contributed by atoms with Crippen LogP contribution in [0.2, 0.25) is 0 Å². The molecule has 0 saturated heterocycles. The summed E-state index contributed by atoms with van der Waals surface area (Å²) in [4.78, 5) is 32.7. The van der Waals surface area contributed by atoms with Gasteiger partial charge in [0, 0.05) is 12.1 Å². The van der Waals surface area contributed by atoms with Gasteiger partial charge in [0.1, 0.15) is 12.0 Å². The zero-order chi connectivity index (χ0) is 23.2. The molecule has 0 radical (unpaired) electrons. The van der Waals surface area contributed by atoms with E-state index in [0.29, 0.717) is 5.56 Å². The monoisotopic (exact) mass is 458 g/mol. The number of aliphatic carboxylic acids is 2. The van der Waals surface area contributed by atoms with Gasteiger partial charge in [-0.15, -0.1) is 0 Å². The predicted octanol–water partition coefficient (Wildman–Crippen LogP) is 4.53. The highest BCUT2D eigenvalue weighted by molar-refractivity contribution is 7.39. The Morgan fingerprint density at radius 1 is 1.00 bits per heavy atom. The predicted molar refractivity (Wildman–Crippen MR) is 106 cm³/mol. The largest absolute Gasteiger partial charge is 0.512 e. The van der Waals surface area contributed by atoms with Crippen molar-refractivity contribution in [3.05, 3.63) is 65.7 Å². The first-order valence-electron chi connectivity index (χ1n) is 9.09. The van der Waals surface area contributed by atoms with Crippen molar-refractivity contribution < 1.29 is 42.4 Å².